The molecule has 0 unspecified atom stereocenters. The van der Waals surface area contributed by atoms with E-state index >= 15 is 0 Å². The van der Waals surface area contributed by atoms with Crippen LogP contribution in [-0.2, 0) is 23.9 Å². The molecule has 1 heterocycles. The molecule has 1 fully saturated rings. The summed E-state index contributed by atoms with van der Waals surface area (Å²) < 4.78 is 5.04. The average Bonchev–Trinajstić information content (AvgIpc) is 3.13. The van der Waals surface area contributed by atoms with Gasteiger partial charge in [-0.25, -0.2) is 0 Å². The summed E-state index contributed by atoms with van der Waals surface area (Å²) in [5.74, 6) is -3.12. The van der Waals surface area contributed by atoms with Crippen molar-refractivity contribution in [3.8, 4) is 0 Å². The predicted octanol–water partition coefficient (Wildman–Crippen LogP) is 1.63. The van der Waals surface area contributed by atoms with E-state index < -0.39 is 36.2 Å². The maximum atomic E-state index is 12.3. The van der Waals surface area contributed by atoms with Gasteiger partial charge in [0.05, 0.1) is 12.5 Å². The highest BCUT2D eigenvalue weighted by Crippen LogP contribution is 2.18. The predicted molar refractivity (Wildman–Crippen MR) is 119 cm³/mol. The smallest absolute Gasteiger partial charge is 0.311 e. The Balaban J connectivity index is 1.45. The lowest BCUT2D eigenvalue weighted by molar-refractivity contribution is -0.151. The number of hydrazine groups is 1. The van der Waals surface area contributed by atoms with Crippen LogP contribution in [0.5, 0.6) is 0 Å². The largest absolute Gasteiger partial charge is 0.455 e. The molecular formula is C23H24N4O6. The number of rotatable bonds is 7. The van der Waals surface area contributed by atoms with Crippen LogP contribution in [0.15, 0.2) is 48.5 Å². The van der Waals surface area contributed by atoms with E-state index in [1.807, 2.05) is 13.0 Å². The van der Waals surface area contributed by atoms with Crippen LogP contribution in [0, 0.1) is 12.8 Å². The molecule has 10 nitrogen and oxygen atoms in total. The van der Waals surface area contributed by atoms with Gasteiger partial charge in [0.2, 0.25) is 11.8 Å². The number of hydrogen-bond donors (Lipinski definition) is 3. The summed E-state index contributed by atoms with van der Waals surface area (Å²) in [7, 11) is 0. The van der Waals surface area contributed by atoms with Crippen molar-refractivity contribution in [2.75, 3.05) is 23.8 Å². The quantitative estimate of drug-likeness (QED) is 0.547. The van der Waals surface area contributed by atoms with E-state index in [1.54, 1.807) is 42.5 Å². The average molecular weight is 452 g/mol. The number of carbonyl (C=O) groups excluding carboxylic acids is 5. The fraction of sp³-hybridized carbons (Fsp3) is 0.261. The first-order valence-electron chi connectivity index (χ1n) is 10.2. The normalized spacial score (nSPS) is 15.0. The van der Waals surface area contributed by atoms with Gasteiger partial charge in [0, 0.05) is 30.3 Å². The van der Waals surface area contributed by atoms with E-state index in [9.17, 15) is 24.0 Å². The van der Waals surface area contributed by atoms with Gasteiger partial charge in [-0.15, -0.1) is 0 Å². The van der Waals surface area contributed by atoms with Crippen molar-refractivity contribution < 1.29 is 28.7 Å². The van der Waals surface area contributed by atoms with Crippen molar-refractivity contribution in [2.45, 2.75) is 20.3 Å². The molecule has 0 bridgehead atoms. The SMILES string of the molecule is CC(=O)Nc1ccc(NC(=O)COC(=O)[C@@H]2CC(=O)N(NC(=O)c3cccc(C)c3)C2)cc1. The van der Waals surface area contributed by atoms with Crippen molar-refractivity contribution in [2.24, 2.45) is 5.92 Å². The first-order chi connectivity index (χ1) is 15.7. The fourth-order valence-corrected chi connectivity index (χ4v) is 3.24. The van der Waals surface area contributed by atoms with Gasteiger partial charge in [0.1, 0.15) is 0 Å². The van der Waals surface area contributed by atoms with E-state index in [-0.39, 0.29) is 18.9 Å². The van der Waals surface area contributed by atoms with Crippen molar-refractivity contribution >= 4 is 41.0 Å². The number of anilines is 2. The maximum Gasteiger partial charge on any atom is 0.311 e. The van der Waals surface area contributed by atoms with Gasteiger partial charge >= 0.3 is 5.97 Å². The lowest BCUT2D eigenvalue weighted by Gasteiger charge is -2.17. The molecule has 0 aliphatic carbocycles. The van der Waals surface area contributed by atoms with Crippen molar-refractivity contribution in [3.63, 3.8) is 0 Å². The summed E-state index contributed by atoms with van der Waals surface area (Å²) in [4.78, 5) is 59.9. The van der Waals surface area contributed by atoms with Crippen LogP contribution >= 0.6 is 0 Å². The molecule has 1 atom stereocenters. The summed E-state index contributed by atoms with van der Waals surface area (Å²) in [5, 5.41) is 6.27. The molecule has 3 N–H and O–H groups in total. The van der Waals surface area contributed by atoms with Gasteiger partial charge in [0.25, 0.3) is 11.8 Å². The molecule has 172 valence electrons. The minimum absolute atomic E-state index is 0.0402. The molecule has 3 rings (SSSR count). The minimum atomic E-state index is -0.792. The molecule has 1 aliphatic heterocycles. The minimum Gasteiger partial charge on any atom is -0.455 e. The summed E-state index contributed by atoms with van der Waals surface area (Å²) in [5.41, 5.74) is 4.85. The summed E-state index contributed by atoms with van der Waals surface area (Å²) in [6.45, 7) is 2.67. The van der Waals surface area contributed by atoms with Gasteiger partial charge in [-0.05, 0) is 43.3 Å². The zero-order valence-corrected chi connectivity index (χ0v) is 18.2. The Hall–Kier alpha value is -4.21. The van der Waals surface area contributed by atoms with Gasteiger partial charge in [-0.3, -0.25) is 34.4 Å². The molecule has 10 heteroatoms. The first kappa shape index (κ1) is 23.5. The van der Waals surface area contributed by atoms with Crippen molar-refractivity contribution in [1.82, 2.24) is 10.4 Å². The number of hydrogen-bond acceptors (Lipinski definition) is 6. The van der Waals surface area contributed by atoms with Crippen LogP contribution in [-0.4, -0.2) is 47.8 Å². The number of nitrogens with one attached hydrogen (secondary N) is 3. The number of esters is 1. The van der Waals surface area contributed by atoms with Crippen LogP contribution < -0.4 is 16.1 Å². The number of nitrogens with zero attached hydrogens (tertiary/aromatic N) is 1. The standard InChI is InChI=1S/C23H24N4O6/c1-14-4-3-5-16(10-14)22(31)26-27-12-17(11-21(27)30)23(32)33-13-20(29)25-19-8-6-18(7-9-19)24-15(2)28/h3-10,17H,11-13H2,1-2H3,(H,24,28)(H,25,29)(H,26,31)/t17-/m1/s1. The van der Waals surface area contributed by atoms with E-state index in [0.29, 0.717) is 16.9 Å². The summed E-state index contributed by atoms with van der Waals surface area (Å²) >= 11 is 0. The molecule has 2 aromatic rings. The molecule has 1 saturated heterocycles. The highest BCUT2D eigenvalue weighted by molar-refractivity contribution is 5.97. The third-order valence-corrected chi connectivity index (χ3v) is 4.81. The van der Waals surface area contributed by atoms with Crippen LogP contribution in [0.1, 0.15) is 29.3 Å². The zero-order valence-electron chi connectivity index (χ0n) is 18.2. The van der Waals surface area contributed by atoms with Gasteiger partial charge < -0.3 is 15.4 Å². The van der Waals surface area contributed by atoms with Gasteiger partial charge in [-0.1, -0.05) is 17.7 Å². The number of amides is 4. The van der Waals surface area contributed by atoms with E-state index in [1.165, 1.54) is 6.92 Å². The second-order valence-corrected chi connectivity index (χ2v) is 7.63. The summed E-state index contributed by atoms with van der Waals surface area (Å²) in [6.07, 6.45) is -0.126. The number of ether oxygens (including phenoxy) is 1. The highest BCUT2D eigenvalue weighted by Gasteiger charge is 2.36. The highest BCUT2D eigenvalue weighted by atomic mass is 16.5. The molecule has 0 radical (unpaired) electrons. The lowest BCUT2D eigenvalue weighted by Crippen LogP contribution is -2.43. The van der Waals surface area contributed by atoms with Crippen LogP contribution in [0.25, 0.3) is 0 Å². The van der Waals surface area contributed by atoms with Gasteiger partial charge in [-0.2, -0.15) is 0 Å². The maximum absolute atomic E-state index is 12.3. The van der Waals surface area contributed by atoms with E-state index in [4.69, 9.17) is 4.74 Å². The Morgan fingerprint density at radius 1 is 1.03 bits per heavy atom. The molecule has 33 heavy (non-hydrogen) atoms. The van der Waals surface area contributed by atoms with Crippen LogP contribution in [0.3, 0.4) is 0 Å². The Kier molecular flexibility index (Phi) is 7.39. The first-order valence-corrected chi connectivity index (χ1v) is 10.2. The molecule has 0 saturated carbocycles. The molecule has 0 spiro atoms. The zero-order chi connectivity index (χ0) is 24.0. The van der Waals surface area contributed by atoms with Gasteiger partial charge in [0.15, 0.2) is 6.61 Å². The molecule has 2 aromatic carbocycles. The number of benzene rings is 2. The molecule has 1 aliphatic rings. The second kappa shape index (κ2) is 10.4. The molecular weight excluding hydrogens is 428 g/mol. The summed E-state index contributed by atoms with van der Waals surface area (Å²) in [6, 6.07) is 13.3. The third-order valence-electron chi connectivity index (χ3n) is 4.81. The molecule has 0 aromatic heterocycles. The Morgan fingerprint density at radius 3 is 2.33 bits per heavy atom. The van der Waals surface area contributed by atoms with Crippen molar-refractivity contribution in [1.29, 1.82) is 0 Å². The Bertz CT molecular complexity index is 1080. The topological polar surface area (TPSA) is 134 Å². The van der Waals surface area contributed by atoms with E-state index in [2.05, 4.69) is 16.1 Å². The fourth-order valence-electron chi connectivity index (χ4n) is 3.24. The van der Waals surface area contributed by atoms with Crippen LogP contribution in [0.2, 0.25) is 0 Å². The van der Waals surface area contributed by atoms with E-state index in [0.717, 1.165) is 10.6 Å². The number of carbonyl (C=O) groups is 5. The lowest BCUT2D eigenvalue weighted by atomic mass is 10.1. The molecule has 4 amide bonds. The monoisotopic (exact) mass is 452 g/mol. The number of aryl methyl sites for hydroxylation is 1. The Morgan fingerprint density at radius 2 is 1.70 bits per heavy atom. The van der Waals surface area contributed by atoms with Crippen molar-refractivity contribution in [3.05, 3.63) is 59.7 Å². The second-order valence-electron chi connectivity index (χ2n) is 7.63. The van der Waals surface area contributed by atoms with Crippen LogP contribution in [0.4, 0.5) is 11.4 Å². The Labute approximate surface area is 190 Å². The third kappa shape index (κ3) is 6.63.